The van der Waals surface area contributed by atoms with E-state index in [1.54, 1.807) is 23.6 Å². The molecule has 2 amide bonds. The van der Waals surface area contributed by atoms with Crippen LogP contribution < -0.4 is 0 Å². The van der Waals surface area contributed by atoms with Crippen LogP contribution in [0.25, 0.3) is 6.08 Å². The Morgan fingerprint density at radius 2 is 1.80 bits per heavy atom. The van der Waals surface area contributed by atoms with Gasteiger partial charge < -0.3 is 0 Å². The van der Waals surface area contributed by atoms with Crippen molar-refractivity contribution in [2.24, 2.45) is 9.98 Å². The minimum Gasteiger partial charge on any atom is -0.273 e. The van der Waals surface area contributed by atoms with E-state index in [1.807, 2.05) is 42.5 Å². The topological polar surface area (TPSA) is 65.3 Å². The first-order valence-electron chi connectivity index (χ1n) is 8.97. The Labute approximate surface area is 186 Å². The summed E-state index contributed by atoms with van der Waals surface area (Å²) in [6, 6.07) is 16.6. The molecule has 2 aromatic rings. The summed E-state index contributed by atoms with van der Waals surface area (Å²) in [5.41, 5.74) is 1.88. The third kappa shape index (κ3) is 3.47. The number of para-hydroxylation sites is 1. The maximum atomic E-state index is 13.1. The fourth-order valence-electron chi connectivity index (χ4n) is 3.09. The number of aliphatic imine (C=N–C) groups is 2. The van der Waals surface area contributed by atoms with Gasteiger partial charge in [0.05, 0.1) is 11.4 Å². The van der Waals surface area contributed by atoms with E-state index in [-0.39, 0.29) is 17.6 Å². The Morgan fingerprint density at radius 1 is 1.03 bits per heavy atom. The fourth-order valence-corrected chi connectivity index (χ4v) is 4.94. The summed E-state index contributed by atoms with van der Waals surface area (Å²) in [7, 11) is 0. The van der Waals surface area contributed by atoms with Crippen molar-refractivity contribution in [2.45, 2.75) is 0 Å². The van der Waals surface area contributed by atoms with E-state index in [4.69, 9.17) is 11.6 Å². The van der Waals surface area contributed by atoms with E-state index < -0.39 is 0 Å². The Morgan fingerprint density at radius 3 is 2.57 bits per heavy atom. The second-order valence-electron chi connectivity index (χ2n) is 6.46. The van der Waals surface area contributed by atoms with Crippen LogP contribution in [-0.4, -0.2) is 37.7 Å². The summed E-state index contributed by atoms with van der Waals surface area (Å²) >= 11 is 8.59. The fraction of sp³-hybridized carbons (Fsp3) is 0.0476. The lowest BCUT2D eigenvalue weighted by molar-refractivity contribution is -0.125. The van der Waals surface area contributed by atoms with Gasteiger partial charge in [-0.3, -0.25) is 9.59 Å². The van der Waals surface area contributed by atoms with Gasteiger partial charge in [0.1, 0.15) is 11.5 Å². The first-order valence-corrected chi connectivity index (χ1v) is 11.2. The van der Waals surface area contributed by atoms with Gasteiger partial charge in [-0.1, -0.05) is 65.5 Å². The van der Waals surface area contributed by atoms with Crippen molar-refractivity contribution in [3.63, 3.8) is 0 Å². The third-order valence-corrected chi connectivity index (χ3v) is 6.47. The Balaban J connectivity index is 1.45. The Bertz CT molecular complexity index is 1170. The molecule has 1 saturated heterocycles. The summed E-state index contributed by atoms with van der Waals surface area (Å²) in [6.07, 6.45) is 1.71. The predicted octanol–water partition coefficient (Wildman–Crippen LogP) is 4.69. The van der Waals surface area contributed by atoms with E-state index in [0.717, 1.165) is 11.3 Å². The molecular weight excluding hydrogens is 440 g/mol. The predicted molar refractivity (Wildman–Crippen MR) is 122 cm³/mol. The number of halogens is 1. The second kappa shape index (κ2) is 7.79. The van der Waals surface area contributed by atoms with Crippen LogP contribution in [0.5, 0.6) is 0 Å². The van der Waals surface area contributed by atoms with Crippen molar-refractivity contribution >= 4 is 69.0 Å². The highest BCUT2D eigenvalue weighted by molar-refractivity contribution is 8.16. The van der Waals surface area contributed by atoms with Crippen molar-refractivity contribution in [1.82, 2.24) is 9.80 Å². The molecule has 0 saturated carbocycles. The number of hydrogen-bond acceptors (Lipinski definition) is 6. The van der Waals surface area contributed by atoms with Gasteiger partial charge in [0.2, 0.25) is 5.91 Å². The Hall–Kier alpha value is -2.81. The summed E-state index contributed by atoms with van der Waals surface area (Å²) in [4.78, 5) is 37.7. The molecule has 3 heterocycles. The largest absolute Gasteiger partial charge is 0.284 e. The van der Waals surface area contributed by atoms with Crippen LogP contribution in [0, 0.1) is 0 Å². The van der Waals surface area contributed by atoms with E-state index >= 15 is 0 Å². The van der Waals surface area contributed by atoms with Gasteiger partial charge in [0.15, 0.2) is 10.3 Å². The van der Waals surface area contributed by atoms with Crippen molar-refractivity contribution in [1.29, 1.82) is 0 Å². The minimum absolute atomic E-state index is 0.120. The maximum absolute atomic E-state index is 13.1. The standard InChI is InChI=1S/C21H13ClN4O2S2/c22-14-8-6-13(7-9-14)10-16-19(28)26-17(11-29-21(26)24-16)25-18(27)12-30-20(25)23-15-4-2-1-3-5-15/h1-11H,12H2/b16-10-,23-20?. The number of carbonyl (C=O) groups is 2. The number of benzene rings is 2. The molecule has 0 atom stereocenters. The number of nitrogens with zero attached hydrogens (tertiary/aromatic N) is 4. The van der Waals surface area contributed by atoms with Crippen LogP contribution in [0.3, 0.4) is 0 Å². The number of hydrogen-bond donors (Lipinski definition) is 0. The monoisotopic (exact) mass is 452 g/mol. The third-order valence-electron chi connectivity index (χ3n) is 4.48. The van der Waals surface area contributed by atoms with Crippen LogP contribution >= 0.6 is 35.1 Å². The molecule has 9 heteroatoms. The Kier molecular flexibility index (Phi) is 4.98. The average molecular weight is 453 g/mol. The first-order chi connectivity index (χ1) is 14.6. The normalized spacial score (nSPS) is 21.0. The van der Waals surface area contributed by atoms with E-state index in [1.165, 1.54) is 33.3 Å². The van der Waals surface area contributed by atoms with Crippen LogP contribution in [-0.2, 0) is 9.59 Å². The molecule has 30 heavy (non-hydrogen) atoms. The van der Waals surface area contributed by atoms with Crippen LogP contribution in [0.2, 0.25) is 5.02 Å². The molecule has 0 aromatic heterocycles. The number of amides is 2. The quantitative estimate of drug-likeness (QED) is 0.634. The number of thioether (sulfide) groups is 2. The maximum Gasteiger partial charge on any atom is 0.284 e. The highest BCUT2D eigenvalue weighted by Crippen LogP contribution is 2.39. The van der Waals surface area contributed by atoms with E-state index in [2.05, 4.69) is 9.98 Å². The first kappa shape index (κ1) is 19.2. The van der Waals surface area contributed by atoms with Gasteiger partial charge in [-0.2, -0.15) is 0 Å². The zero-order valence-electron chi connectivity index (χ0n) is 15.4. The number of carbonyl (C=O) groups excluding carboxylic acids is 2. The van der Waals surface area contributed by atoms with Crippen molar-refractivity contribution in [3.8, 4) is 0 Å². The lowest BCUT2D eigenvalue weighted by atomic mass is 10.2. The summed E-state index contributed by atoms with van der Waals surface area (Å²) in [5.74, 6) is 0.342. The molecule has 148 valence electrons. The molecule has 1 fully saturated rings. The minimum atomic E-state index is -0.278. The highest BCUT2D eigenvalue weighted by Gasteiger charge is 2.44. The van der Waals surface area contributed by atoms with Crippen LogP contribution in [0.1, 0.15) is 5.56 Å². The molecule has 3 aliphatic heterocycles. The van der Waals surface area contributed by atoms with Gasteiger partial charge in [-0.15, -0.1) is 0 Å². The lowest BCUT2D eigenvalue weighted by Gasteiger charge is -2.23. The second-order valence-corrected chi connectivity index (χ2v) is 8.67. The molecule has 0 aliphatic carbocycles. The molecule has 2 aromatic carbocycles. The number of fused-ring (bicyclic) bond motifs is 1. The molecule has 0 radical (unpaired) electrons. The molecule has 0 N–H and O–H groups in total. The molecule has 0 bridgehead atoms. The molecule has 5 rings (SSSR count). The number of rotatable bonds is 3. The number of amidine groups is 2. The average Bonchev–Trinajstić information content (AvgIpc) is 3.40. The van der Waals surface area contributed by atoms with Gasteiger partial charge in [-0.25, -0.2) is 19.8 Å². The SMILES string of the molecule is O=C1CSC(=Nc2ccccc2)N1C1=CSC2=N/C(=C\c3ccc(Cl)cc3)C(=O)N12. The molecular formula is C21H13ClN4O2S2. The summed E-state index contributed by atoms with van der Waals surface area (Å²) < 4.78 is 0. The molecule has 3 aliphatic rings. The molecule has 6 nitrogen and oxygen atoms in total. The smallest absolute Gasteiger partial charge is 0.273 e. The highest BCUT2D eigenvalue weighted by atomic mass is 35.5. The molecule has 0 spiro atoms. The van der Waals surface area contributed by atoms with Gasteiger partial charge in [0, 0.05) is 10.4 Å². The van der Waals surface area contributed by atoms with E-state index in [9.17, 15) is 9.59 Å². The van der Waals surface area contributed by atoms with Crippen molar-refractivity contribution in [2.75, 3.05) is 5.75 Å². The van der Waals surface area contributed by atoms with Gasteiger partial charge >= 0.3 is 0 Å². The summed E-state index contributed by atoms with van der Waals surface area (Å²) in [5, 5.41) is 3.46. The lowest BCUT2D eigenvalue weighted by Crippen LogP contribution is -2.39. The van der Waals surface area contributed by atoms with Crippen molar-refractivity contribution in [3.05, 3.63) is 82.1 Å². The zero-order chi connectivity index (χ0) is 20.7. The summed E-state index contributed by atoms with van der Waals surface area (Å²) in [6.45, 7) is 0. The van der Waals surface area contributed by atoms with E-state index in [0.29, 0.717) is 26.9 Å². The van der Waals surface area contributed by atoms with Crippen molar-refractivity contribution < 1.29 is 9.59 Å². The van der Waals surface area contributed by atoms with Crippen LogP contribution in [0.15, 0.2) is 81.5 Å². The van der Waals surface area contributed by atoms with Crippen LogP contribution in [0.4, 0.5) is 5.69 Å². The zero-order valence-corrected chi connectivity index (χ0v) is 17.7. The molecule has 0 unspecified atom stereocenters. The van der Waals surface area contributed by atoms with Gasteiger partial charge in [-0.05, 0) is 35.9 Å². The van der Waals surface area contributed by atoms with Gasteiger partial charge in [0.25, 0.3) is 5.91 Å².